The molecular formula is C18H20FN3. The van der Waals surface area contributed by atoms with E-state index >= 15 is 0 Å². The van der Waals surface area contributed by atoms with E-state index in [1.54, 1.807) is 12.1 Å². The Hall–Kier alpha value is -2.36. The molecule has 4 heteroatoms. The number of hydrogen-bond donors (Lipinski definition) is 2. The number of rotatable bonds is 4. The van der Waals surface area contributed by atoms with Gasteiger partial charge >= 0.3 is 0 Å². The number of aliphatic imine (C=N–C) groups is 1. The van der Waals surface area contributed by atoms with Crippen LogP contribution in [0.15, 0.2) is 53.5 Å². The smallest absolute Gasteiger partial charge is 0.193 e. The number of nitrogens with zero attached hydrogens (tertiary/aromatic N) is 1. The summed E-state index contributed by atoms with van der Waals surface area (Å²) < 4.78 is 13.2. The number of nitrogens with two attached hydrogens (primary N) is 1. The lowest BCUT2D eigenvalue weighted by Crippen LogP contribution is -2.23. The van der Waals surface area contributed by atoms with E-state index in [0.717, 1.165) is 24.1 Å². The first kappa shape index (κ1) is 14.6. The Labute approximate surface area is 130 Å². The summed E-state index contributed by atoms with van der Waals surface area (Å²) in [5.41, 5.74) is 9.17. The summed E-state index contributed by atoms with van der Waals surface area (Å²) in [5.74, 6) is 0.491. The average molecular weight is 297 g/mol. The zero-order valence-electron chi connectivity index (χ0n) is 12.6. The number of benzene rings is 2. The largest absolute Gasteiger partial charge is 0.370 e. The first-order valence-corrected chi connectivity index (χ1v) is 7.60. The van der Waals surface area contributed by atoms with E-state index in [-0.39, 0.29) is 17.8 Å². The van der Waals surface area contributed by atoms with Gasteiger partial charge in [0.25, 0.3) is 0 Å². The number of hydrogen-bond acceptors (Lipinski definition) is 1. The molecule has 3 nitrogen and oxygen atoms in total. The van der Waals surface area contributed by atoms with Crippen LogP contribution in [0.25, 0.3) is 0 Å². The van der Waals surface area contributed by atoms with Crippen LogP contribution in [0, 0.1) is 5.82 Å². The maximum absolute atomic E-state index is 13.2. The lowest BCUT2D eigenvalue weighted by atomic mass is 10.1. The summed E-state index contributed by atoms with van der Waals surface area (Å²) >= 11 is 0. The van der Waals surface area contributed by atoms with Crippen molar-refractivity contribution >= 4 is 11.6 Å². The van der Waals surface area contributed by atoms with Gasteiger partial charge in [0.1, 0.15) is 5.82 Å². The normalized spacial score (nSPS) is 20.7. The molecule has 0 spiro atoms. The van der Waals surface area contributed by atoms with Gasteiger partial charge in [0, 0.05) is 11.6 Å². The highest BCUT2D eigenvalue weighted by atomic mass is 19.1. The van der Waals surface area contributed by atoms with Crippen molar-refractivity contribution in [2.75, 3.05) is 5.32 Å². The van der Waals surface area contributed by atoms with Crippen LogP contribution in [0.3, 0.4) is 0 Å². The zero-order valence-corrected chi connectivity index (χ0v) is 12.6. The molecule has 2 unspecified atom stereocenters. The molecule has 2 atom stereocenters. The third kappa shape index (κ3) is 3.45. The quantitative estimate of drug-likeness (QED) is 0.668. The molecule has 0 bridgehead atoms. The van der Waals surface area contributed by atoms with E-state index in [1.165, 1.54) is 11.6 Å². The highest BCUT2D eigenvalue weighted by Crippen LogP contribution is 2.43. The minimum atomic E-state index is -0.199. The van der Waals surface area contributed by atoms with Crippen molar-refractivity contribution in [2.24, 2.45) is 10.7 Å². The molecule has 3 rings (SSSR count). The van der Waals surface area contributed by atoms with E-state index in [4.69, 9.17) is 5.73 Å². The van der Waals surface area contributed by atoms with E-state index in [1.807, 2.05) is 18.2 Å². The zero-order chi connectivity index (χ0) is 15.5. The van der Waals surface area contributed by atoms with Crippen molar-refractivity contribution in [3.63, 3.8) is 0 Å². The Morgan fingerprint density at radius 2 is 2.09 bits per heavy atom. The van der Waals surface area contributed by atoms with Gasteiger partial charge < -0.3 is 11.1 Å². The Morgan fingerprint density at radius 3 is 2.86 bits per heavy atom. The second kappa shape index (κ2) is 6.18. The number of nitrogens with one attached hydrogen (secondary N) is 1. The Bertz CT molecular complexity index is 696. The van der Waals surface area contributed by atoms with Crippen LogP contribution in [-0.2, 0) is 6.42 Å². The minimum Gasteiger partial charge on any atom is -0.370 e. The monoisotopic (exact) mass is 297 g/mol. The van der Waals surface area contributed by atoms with Gasteiger partial charge in [0.2, 0.25) is 0 Å². The molecule has 0 heterocycles. The predicted octanol–water partition coefficient (Wildman–Crippen LogP) is 3.67. The average Bonchev–Trinajstić information content (AvgIpc) is 3.26. The Balaban J connectivity index is 1.63. The van der Waals surface area contributed by atoms with Gasteiger partial charge in [0.15, 0.2) is 5.96 Å². The SMILES string of the molecule is CCc1cccc(NC(N)=NC2CC2c2cccc(F)c2)c1. The van der Waals surface area contributed by atoms with Gasteiger partial charge in [-0.15, -0.1) is 0 Å². The van der Waals surface area contributed by atoms with E-state index in [0.29, 0.717) is 5.96 Å². The molecule has 2 aromatic rings. The van der Waals surface area contributed by atoms with Gasteiger partial charge in [-0.3, -0.25) is 0 Å². The summed E-state index contributed by atoms with van der Waals surface area (Å²) in [6.45, 7) is 2.12. The van der Waals surface area contributed by atoms with Crippen molar-refractivity contribution in [1.82, 2.24) is 0 Å². The molecule has 3 N–H and O–H groups in total. The summed E-state index contributed by atoms with van der Waals surface area (Å²) in [5, 5.41) is 3.13. The minimum absolute atomic E-state index is 0.142. The van der Waals surface area contributed by atoms with E-state index in [2.05, 4.69) is 29.4 Å². The lowest BCUT2D eigenvalue weighted by molar-refractivity contribution is 0.625. The van der Waals surface area contributed by atoms with Crippen molar-refractivity contribution in [3.8, 4) is 0 Å². The van der Waals surface area contributed by atoms with Gasteiger partial charge in [0.05, 0.1) is 6.04 Å². The molecule has 22 heavy (non-hydrogen) atoms. The van der Waals surface area contributed by atoms with Crippen molar-refractivity contribution in [2.45, 2.75) is 31.7 Å². The maximum Gasteiger partial charge on any atom is 0.193 e. The summed E-state index contributed by atoms with van der Waals surface area (Å²) in [6.07, 6.45) is 1.90. The predicted molar refractivity (Wildman–Crippen MR) is 88.6 cm³/mol. The second-order valence-corrected chi connectivity index (χ2v) is 5.66. The lowest BCUT2D eigenvalue weighted by Gasteiger charge is -2.07. The molecule has 0 radical (unpaired) electrons. The third-order valence-corrected chi connectivity index (χ3v) is 3.95. The molecule has 0 saturated heterocycles. The summed E-state index contributed by atoms with van der Waals surface area (Å²) in [6, 6.07) is 15.0. The van der Waals surface area contributed by atoms with E-state index < -0.39 is 0 Å². The van der Waals surface area contributed by atoms with Crippen LogP contribution >= 0.6 is 0 Å². The number of aryl methyl sites for hydroxylation is 1. The Morgan fingerprint density at radius 1 is 1.27 bits per heavy atom. The highest BCUT2D eigenvalue weighted by molar-refractivity contribution is 5.92. The molecule has 1 aliphatic rings. The topological polar surface area (TPSA) is 50.4 Å². The maximum atomic E-state index is 13.2. The third-order valence-electron chi connectivity index (χ3n) is 3.95. The van der Waals surface area contributed by atoms with Crippen LogP contribution in [-0.4, -0.2) is 12.0 Å². The molecule has 1 aliphatic carbocycles. The Kier molecular flexibility index (Phi) is 4.09. The fraction of sp³-hybridized carbons (Fsp3) is 0.278. The molecule has 1 saturated carbocycles. The second-order valence-electron chi connectivity index (χ2n) is 5.66. The van der Waals surface area contributed by atoms with Crippen LogP contribution in [0.1, 0.15) is 30.4 Å². The first-order valence-electron chi connectivity index (χ1n) is 7.60. The number of guanidine groups is 1. The van der Waals surface area contributed by atoms with Crippen LogP contribution in [0.4, 0.5) is 10.1 Å². The molecule has 0 aliphatic heterocycles. The standard InChI is InChI=1S/C18H20FN3/c1-2-12-5-3-8-15(9-12)21-18(20)22-17-11-16(17)13-6-4-7-14(19)10-13/h3-10,16-17H,2,11H2,1H3,(H3,20,21,22). The number of halogens is 1. The van der Waals surface area contributed by atoms with Gasteiger partial charge in [-0.05, 0) is 48.2 Å². The van der Waals surface area contributed by atoms with Gasteiger partial charge in [-0.2, -0.15) is 0 Å². The summed E-state index contributed by atoms with van der Waals surface area (Å²) in [7, 11) is 0. The number of anilines is 1. The van der Waals surface area contributed by atoms with Gasteiger partial charge in [-0.25, -0.2) is 9.38 Å². The van der Waals surface area contributed by atoms with E-state index in [9.17, 15) is 4.39 Å². The molecule has 2 aromatic carbocycles. The summed E-state index contributed by atoms with van der Waals surface area (Å²) in [4.78, 5) is 4.49. The first-order chi connectivity index (χ1) is 10.7. The van der Waals surface area contributed by atoms with Crippen molar-refractivity contribution < 1.29 is 4.39 Å². The van der Waals surface area contributed by atoms with Crippen molar-refractivity contribution in [3.05, 3.63) is 65.5 Å². The van der Waals surface area contributed by atoms with Gasteiger partial charge in [-0.1, -0.05) is 31.2 Å². The molecule has 114 valence electrons. The van der Waals surface area contributed by atoms with Crippen molar-refractivity contribution in [1.29, 1.82) is 0 Å². The fourth-order valence-corrected chi connectivity index (χ4v) is 2.65. The molecular weight excluding hydrogens is 277 g/mol. The van der Waals surface area contributed by atoms with Crippen LogP contribution in [0.2, 0.25) is 0 Å². The molecule has 1 fully saturated rings. The van der Waals surface area contributed by atoms with Crippen LogP contribution in [0.5, 0.6) is 0 Å². The highest BCUT2D eigenvalue weighted by Gasteiger charge is 2.38. The fourth-order valence-electron chi connectivity index (χ4n) is 2.65. The molecule has 0 amide bonds. The van der Waals surface area contributed by atoms with Crippen LogP contribution < -0.4 is 11.1 Å². The molecule has 0 aromatic heterocycles.